The van der Waals surface area contributed by atoms with Crippen LogP contribution in [0.15, 0.2) is 18.2 Å². The lowest BCUT2D eigenvalue weighted by atomic mass is 9.89. The number of anilines is 1. The number of alkyl carbamates (subject to hydrolysis) is 1. The van der Waals surface area contributed by atoms with Gasteiger partial charge in [-0.05, 0) is 59.6 Å². The van der Waals surface area contributed by atoms with E-state index in [1.54, 1.807) is 27.7 Å². The van der Waals surface area contributed by atoms with Gasteiger partial charge in [0, 0.05) is 12.0 Å². The number of amides is 1. The first-order valence-corrected chi connectivity index (χ1v) is 12.4. The zero-order valence-electron chi connectivity index (χ0n) is 22.3. The van der Waals surface area contributed by atoms with Crippen LogP contribution in [0.2, 0.25) is 0 Å². The maximum atomic E-state index is 13.5. The zero-order chi connectivity index (χ0) is 29.2. The maximum absolute atomic E-state index is 13.5. The number of benzene rings is 1. The normalized spacial score (nSPS) is 15.3. The first-order valence-electron chi connectivity index (χ1n) is 12.4. The topological polar surface area (TPSA) is 137 Å². The van der Waals surface area contributed by atoms with Crippen LogP contribution in [-0.2, 0) is 19.1 Å². The Hall–Kier alpha value is -3.77. The second-order valence-electron chi connectivity index (χ2n) is 10.3. The summed E-state index contributed by atoms with van der Waals surface area (Å²) in [5.41, 5.74) is -1.76. The quantitative estimate of drug-likeness (QED) is 0.251. The lowest BCUT2D eigenvalue weighted by Gasteiger charge is -2.25. The number of nitrogens with zero attached hydrogens (tertiary/aromatic N) is 2. The molecule has 0 bridgehead atoms. The highest BCUT2D eigenvalue weighted by Crippen LogP contribution is 2.40. The van der Waals surface area contributed by atoms with Crippen molar-refractivity contribution in [2.45, 2.75) is 71.2 Å². The monoisotopic (exact) mass is 552 g/mol. The number of rotatable bonds is 10. The van der Waals surface area contributed by atoms with Gasteiger partial charge in [0.05, 0.1) is 17.8 Å². The number of carbonyl (C=O) groups is 4. The molecule has 1 saturated carbocycles. The van der Waals surface area contributed by atoms with E-state index in [1.807, 2.05) is 0 Å². The molecule has 1 aromatic carbocycles. The molecule has 1 atom stereocenters. The Balaban J connectivity index is 1.90. The molecule has 3 rings (SSSR count). The second-order valence-corrected chi connectivity index (χ2v) is 10.3. The molecule has 1 aliphatic rings. The number of ketones is 2. The molecular formula is C26H31F3N4O6. The Labute approximate surface area is 223 Å². The summed E-state index contributed by atoms with van der Waals surface area (Å²) in [5.74, 6) is -3.97. The molecule has 0 saturated heterocycles. The maximum Gasteiger partial charge on any atom is 0.408 e. The van der Waals surface area contributed by atoms with Crippen molar-refractivity contribution in [2.24, 2.45) is 5.92 Å². The Morgan fingerprint density at radius 1 is 1.10 bits per heavy atom. The average Bonchev–Trinajstić information content (AvgIpc) is 3.58. The van der Waals surface area contributed by atoms with Crippen LogP contribution in [-0.4, -0.2) is 64.1 Å². The first kappa shape index (κ1) is 29.8. The van der Waals surface area contributed by atoms with Gasteiger partial charge in [-0.25, -0.2) is 14.8 Å². The number of hydrogen-bond donors (Lipinski definition) is 2. The molecule has 0 radical (unpaired) electrons. The van der Waals surface area contributed by atoms with Gasteiger partial charge >= 0.3 is 18.2 Å². The minimum atomic E-state index is -4.50. The van der Waals surface area contributed by atoms with Crippen molar-refractivity contribution in [1.29, 1.82) is 0 Å². The molecule has 2 N–H and O–H groups in total. The van der Waals surface area contributed by atoms with Gasteiger partial charge in [-0.3, -0.25) is 14.4 Å². The molecule has 1 aliphatic carbocycles. The molecule has 10 nitrogen and oxygen atoms in total. The summed E-state index contributed by atoms with van der Waals surface area (Å²) in [6.45, 7) is 6.60. The van der Waals surface area contributed by atoms with Gasteiger partial charge in [-0.2, -0.15) is 13.2 Å². The van der Waals surface area contributed by atoms with Crippen molar-refractivity contribution in [3.63, 3.8) is 0 Å². The first-order chi connectivity index (χ1) is 18.0. The van der Waals surface area contributed by atoms with Crippen molar-refractivity contribution in [3.8, 4) is 0 Å². The number of aromatic nitrogens is 2. The van der Waals surface area contributed by atoms with Gasteiger partial charge in [0.2, 0.25) is 0 Å². The molecule has 1 fully saturated rings. The number of hydrogen-bond acceptors (Lipinski definition) is 9. The highest BCUT2D eigenvalue weighted by Gasteiger charge is 2.55. The predicted octanol–water partition coefficient (Wildman–Crippen LogP) is 4.29. The fourth-order valence-electron chi connectivity index (χ4n) is 3.95. The van der Waals surface area contributed by atoms with Gasteiger partial charge < -0.3 is 20.1 Å². The van der Waals surface area contributed by atoms with E-state index in [1.165, 1.54) is 25.1 Å². The number of fused-ring (bicyclic) bond motifs is 1. The van der Waals surface area contributed by atoms with Gasteiger partial charge in [0.25, 0.3) is 0 Å². The third-order valence-corrected chi connectivity index (χ3v) is 5.86. The third kappa shape index (κ3) is 7.64. The molecule has 1 unspecified atom stereocenters. The number of esters is 1. The number of ether oxygens (including phenoxy) is 2. The lowest BCUT2D eigenvalue weighted by Crippen LogP contribution is -2.49. The highest BCUT2D eigenvalue weighted by molar-refractivity contribution is 6.13. The number of nitrogens with one attached hydrogen (secondary N) is 2. The van der Waals surface area contributed by atoms with Crippen molar-refractivity contribution in [1.82, 2.24) is 15.3 Å². The van der Waals surface area contributed by atoms with Gasteiger partial charge in [0.15, 0.2) is 11.6 Å². The van der Waals surface area contributed by atoms with E-state index in [4.69, 9.17) is 9.47 Å². The molecule has 1 aromatic heterocycles. The number of halogens is 3. The largest absolute Gasteiger partial charge is 0.465 e. The van der Waals surface area contributed by atoms with E-state index < -0.39 is 59.8 Å². The third-order valence-electron chi connectivity index (χ3n) is 5.86. The van der Waals surface area contributed by atoms with E-state index in [9.17, 15) is 32.3 Å². The van der Waals surface area contributed by atoms with Crippen molar-refractivity contribution < 1.29 is 41.8 Å². The van der Waals surface area contributed by atoms with Gasteiger partial charge in [-0.1, -0.05) is 6.07 Å². The van der Waals surface area contributed by atoms with Gasteiger partial charge in [0.1, 0.15) is 34.9 Å². The zero-order valence-corrected chi connectivity index (χ0v) is 22.3. The van der Waals surface area contributed by atoms with E-state index in [2.05, 4.69) is 20.6 Å². The Kier molecular flexibility index (Phi) is 8.51. The number of aryl methyl sites for hydroxylation is 1. The van der Waals surface area contributed by atoms with E-state index >= 15 is 0 Å². The minimum absolute atomic E-state index is 0.0147. The molecule has 212 valence electrons. The lowest BCUT2D eigenvalue weighted by molar-refractivity contribution is -0.152. The summed E-state index contributed by atoms with van der Waals surface area (Å²) in [5, 5.41) is 4.71. The smallest absolute Gasteiger partial charge is 0.408 e. The summed E-state index contributed by atoms with van der Waals surface area (Å²) in [6, 6.07) is 4.44. The van der Waals surface area contributed by atoms with Crippen LogP contribution in [0.5, 0.6) is 0 Å². The number of para-hydroxylation sites is 1. The van der Waals surface area contributed by atoms with Crippen LogP contribution in [0, 0.1) is 12.8 Å². The minimum Gasteiger partial charge on any atom is -0.465 e. The highest BCUT2D eigenvalue weighted by atomic mass is 19.4. The van der Waals surface area contributed by atoms with Crippen LogP contribution in [0.4, 0.5) is 23.8 Å². The van der Waals surface area contributed by atoms with Gasteiger partial charge in [-0.15, -0.1) is 0 Å². The summed E-state index contributed by atoms with van der Waals surface area (Å²) in [6.07, 6.45) is -5.43. The molecule has 1 heterocycles. The summed E-state index contributed by atoms with van der Waals surface area (Å²) in [4.78, 5) is 60.5. The van der Waals surface area contributed by atoms with Crippen LogP contribution in [0.3, 0.4) is 0 Å². The molecule has 0 spiro atoms. The number of Topliss-reactive ketones (excluding diaryl/α,β-unsaturated/α-hetero) is 2. The number of alkyl halides is 3. The molecule has 0 aliphatic heterocycles. The fraction of sp³-hybridized carbons (Fsp3) is 0.538. The fourth-order valence-corrected chi connectivity index (χ4v) is 3.95. The second kappa shape index (κ2) is 11.1. The predicted molar refractivity (Wildman–Crippen MR) is 134 cm³/mol. The van der Waals surface area contributed by atoms with E-state index in [-0.39, 0.29) is 47.6 Å². The standard InChI is InChI=1S/C26H31F3N4O6/c1-6-38-22(36)16(20(35)25(10-11-25)33-23(37)39-24(3,4)5)12-18(34)15-8-7-9-17-19(15)32-21(14(2)31-17)30-13-26(27,28)29/h7-9,16H,6,10-13H2,1-5H3,(H,30,32)(H,33,37). The molecule has 39 heavy (non-hydrogen) atoms. The van der Waals surface area contributed by atoms with Crippen LogP contribution in [0.1, 0.15) is 63.0 Å². The Morgan fingerprint density at radius 3 is 2.33 bits per heavy atom. The number of carbonyl (C=O) groups excluding carboxylic acids is 4. The molecular weight excluding hydrogens is 521 g/mol. The molecule has 2 aromatic rings. The summed E-state index contributed by atoms with van der Waals surface area (Å²) < 4.78 is 48.5. The molecule has 1 amide bonds. The van der Waals surface area contributed by atoms with E-state index in [0.29, 0.717) is 0 Å². The summed E-state index contributed by atoms with van der Waals surface area (Å²) in [7, 11) is 0. The van der Waals surface area contributed by atoms with Crippen LogP contribution < -0.4 is 10.6 Å². The van der Waals surface area contributed by atoms with Crippen molar-refractivity contribution >= 4 is 40.5 Å². The van der Waals surface area contributed by atoms with Crippen LogP contribution in [0.25, 0.3) is 11.0 Å². The molecule has 13 heteroatoms. The van der Waals surface area contributed by atoms with E-state index in [0.717, 1.165) is 0 Å². The van der Waals surface area contributed by atoms with Crippen molar-refractivity contribution in [3.05, 3.63) is 29.5 Å². The SMILES string of the molecule is CCOC(=O)C(CC(=O)c1cccc2nc(C)c(NCC(F)(F)F)nc12)C(=O)C1(NC(=O)OC(C)(C)C)CC1. The summed E-state index contributed by atoms with van der Waals surface area (Å²) >= 11 is 0. The van der Waals surface area contributed by atoms with Crippen molar-refractivity contribution in [2.75, 3.05) is 18.5 Å². The Morgan fingerprint density at radius 2 is 1.77 bits per heavy atom. The average molecular weight is 553 g/mol. The Bertz CT molecular complexity index is 1280. The van der Waals surface area contributed by atoms with Crippen LogP contribution >= 0.6 is 0 Å².